The molecule has 0 fully saturated rings. The van der Waals surface area contributed by atoms with Crippen LogP contribution in [-0.2, 0) is 4.79 Å². The molecular weight excluding hydrogens is 289 g/mol. The second-order valence-corrected chi connectivity index (χ2v) is 3.93. The van der Waals surface area contributed by atoms with E-state index < -0.39 is 18.0 Å². The van der Waals surface area contributed by atoms with E-state index in [1.165, 1.54) is 42.7 Å². The largest absolute Gasteiger partial charge is 0.471 e. The molecule has 0 bridgehead atoms. The summed E-state index contributed by atoms with van der Waals surface area (Å²) in [7, 11) is 0. The van der Waals surface area contributed by atoms with Gasteiger partial charge in [-0.2, -0.15) is 13.2 Å². The topological polar surface area (TPSA) is 71.3 Å². The maximum absolute atomic E-state index is 12.2. The third-order valence-corrected chi connectivity index (χ3v) is 2.43. The van der Waals surface area contributed by atoms with E-state index in [0.29, 0.717) is 0 Å². The van der Waals surface area contributed by atoms with E-state index in [1.807, 2.05) is 0 Å². The summed E-state index contributed by atoms with van der Waals surface area (Å²) in [5.41, 5.74) is -0.142. The van der Waals surface area contributed by atoms with E-state index in [4.69, 9.17) is 4.42 Å². The van der Waals surface area contributed by atoms with Crippen molar-refractivity contribution in [2.45, 2.75) is 6.18 Å². The molecule has 8 heteroatoms. The Bertz CT molecular complexity index is 651. The number of rotatable bonds is 3. The van der Waals surface area contributed by atoms with Crippen LogP contribution in [0.3, 0.4) is 0 Å². The molecule has 2 aromatic rings. The van der Waals surface area contributed by atoms with Gasteiger partial charge in [-0.3, -0.25) is 9.59 Å². The fourth-order valence-electron chi connectivity index (χ4n) is 1.49. The molecule has 0 aliphatic heterocycles. The van der Waals surface area contributed by atoms with Crippen molar-refractivity contribution in [3.63, 3.8) is 0 Å². The van der Waals surface area contributed by atoms with E-state index in [9.17, 15) is 22.8 Å². The van der Waals surface area contributed by atoms with Crippen LogP contribution in [0.5, 0.6) is 0 Å². The molecule has 2 amide bonds. The quantitative estimate of drug-likeness (QED) is 0.915. The highest BCUT2D eigenvalue weighted by Gasteiger charge is 2.39. The number of hydrogen-bond donors (Lipinski definition) is 2. The summed E-state index contributed by atoms with van der Waals surface area (Å²) >= 11 is 0. The Morgan fingerprint density at radius 3 is 2.10 bits per heavy atom. The summed E-state index contributed by atoms with van der Waals surface area (Å²) in [5.74, 6) is -2.78. The lowest BCUT2D eigenvalue weighted by atomic mass is 10.2. The first-order valence-corrected chi connectivity index (χ1v) is 5.70. The van der Waals surface area contributed by atoms with E-state index in [0.717, 1.165) is 0 Å². The third kappa shape index (κ3) is 3.62. The van der Waals surface area contributed by atoms with Crippen molar-refractivity contribution in [1.82, 2.24) is 0 Å². The summed E-state index contributed by atoms with van der Waals surface area (Å²) in [6.45, 7) is 0. The van der Waals surface area contributed by atoms with Crippen LogP contribution in [-0.4, -0.2) is 18.0 Å². The fraction of sp³-hybridized carbons (Fsp3) is 0.0769. The van der Waals surface area contributed by atoms with Crippen LogP contribution in [0.1, 0.15) is 10.6 Å². The number of carbonyl (C=O) groups is 2. The molecule has 0 spiro atoms. The summed E-state index contributed by atoms with van der Waals surface area (Å²) in [4.78, 5) is 22.7. The highest BCUT2D eigenvalue weighted by atomic mass is 19.4. The average Bonchev–Trinajstić information content (AvgIpc) is 2.93. The minimum atomic E-state index is -5.02. The Morgan fingerprint density at radius 2 is 1.57 bits per heavy atom. The Kier molecular flexibility index (Phi) is 3.97. The molecule has 0 unspecified atom stereocenters. The van der Waals surface area contributed by atoms with Crippen molar-refractivity contribution in [2.75, 3.05) is 10.6 Å². The number of carbonyl (C=O) groups excluding carboxylic acids is 2. The molecule has 0 aliphatic rings. The molecule has 0 aliphatic carbocycles. The molecule has 110 valence electrons. The molecule has 1 aromatic heterocycles. The molecular formula is C13H9F3N2O3. The molecule has 1 heterocycles. The van der Waals surface area contributed by atoms with Crippen LogP contribution in [0.15, 0.2) is 47.1 Å². The number of nitrogens with one attached hydrogen (secondary N) is 2. The summed E-state index contributed by atoms with van der Waals surface area (Å²) in [6, 6.07) is 8.40. The van der Waals surface area contributed by atoms with Crippen LogP contribution >= 0.6 is 0 Å². The van der Waals surface area contributed by atoms with Gasteiger partial charge >= 0.3 is 12.1 Å². The van der Waals surface area contributed by atoms with E-state index in [1.54, 1.807) is 5.32 Å². The van der Waals surface area contributed by atoms with Crippen molar-refractivity contribution in [3.05, 3.63) is 48.4 Å². The Balaban J connectivity index is 2.17. The highest BCUT2D eigenvalue weighted by Crippen LogP contribution is 2.25. The first-order chi connectivity index (χ1) is 9.88. The predicted octanol–water partition coefficient (Wildman–Crippen LogP) is 3.03. The first-order valence-electron chi connectivity index (χ1n) is 5.70. The number of benzene rings is 1. The molecule has 0 atom stereocenters. The van der Waals surface area contributed by atoms with E-state index in [-0.39, 0.29) is 17.1 Å². The molecule has 0 radical (unpaired) electrons. The smallest absolute Gasteiger partial charge is 0.459 e. The molecule has 5 nitrogen and oxygen atoms in total. The van der Waals surface area contributed by atoms with E-state index in [2.05, 4.69) is 5.32 Å². The second-order valence-electron chi connectivity index (χ2n) is 3.93. The fourth-order valence-corrected chi connectivity index (χ4v) is 1.49. The van der Waals surface area contributed by atoms with Crippen LogP contribution in [0, 0.1) is 0 Å². The zero-order valence-corrected chi connectivity index (χ0v) is 10.4. The molecule has 2 N–H and O–H groups in total. The minimum absolute atomic E-state index is 0.00745. The Labute approximate surface area is 116 Å². The summed E-state index contributed by atoms with van der Waals surface area (Å²) in [5, 5.41) is 4.05. The molecule has 1 aromatic carbocycles. The van der Waals surface area contributed by atoms with Gasteiger partial charge in [-0.1, -0.05) is 12.1 Å². The first kappa shape index (κ1) is 14.6. The normalized spacial score (nSPS) is 11.0. The lowest BCUT2D eigenvalue weighted by Gasteiger charge is -2.12. The van der Waals surface area contributed by atoms with Crippen LogP contribution in [0.4, 0.5) is 24.5 Å². The van der Waals surface area contributed by atoms with Gasteiger partial charge in [0.15, 0.2) is 5.76 Å². The van der Waals surface area contributed by atoms with Crippen LogP contribution in [0.2, 0.25) is 0 Å². The van der Waals surface area contributed by atoms with Gasteiger partial charge in [-0.25, -0.2) is 0 Å². The number of alkyl halides is 3. The zero-order valence-electron chi connectivity index (χ0n) is 10.4. The van der Waals surface area contributed by atoms with Gasteiger partial charge in [0.05, 0.1) is 17.6 Å². The number of halogens is 3. The lowest BCUT2D eigenvalue weighted by molar-refractivity contribution is -0.167. The van der Waals surface area contributed by atoms with Gasteiger partial charge in [0.25, 0.3) is 5.91 Å². The van der Waals surface area contributed by atoms with Crippen molar-refractivity contribution >= 4 is 23.2 Å². The average molecular weight is 298 g/mol. The zero-order chi connectivity index (χ0) is 15.5. The Hall–Kier alpha value is -2.77. The number of para-hydroxylation sites is 2. The summed E-state index contributed by atoms with van der Waals surface area (Å²) in [6.07, 6.45) is -3.73. The molecule has 0 saturated heterocycles. The molecule has 21 heavy (non-hydrogen) atoms. The van der Waals surface area contributed by atoms with Gasteiger partial charge in [0.2, 0.25) is 0 Å². The van der Waals surface area contributed by atoms with Gasteiger partial charge in [-0.05, 0) is 24.3 Å². The van der Waals surface area contributed by atoms with Crippen LogP contribution in [0.25, 0.3) is 0 Å². The van der Waals surface area contributed by atoms with Crippen molar-refractivity contribution in [1.29, 1.82) is 0 Å². The maximum atomic E-state index is 12.2. The third-order valence-electron chi connectivity index (χ3n) is 2.43. The van der Waals surface area contributed by atoms with Crippen molar-refractivity contribution < 1.29 is 27.2 Å². The highest BCUT2D eigenvalue weighted by molar-refractivity contribution is 6.06. The monoisotopic (exact) mass is 298 g/mol. The van der Waals surface area contributed by atoms with Crippen molar-refractivity contribution in [3.8, 4) is 0 Å². The maximum Gasteiger partial charge on any atom is 0.471 e. The Morgan fingerprint density at radius 1 is 0.952 bits per heavy atom. The van der Waals surface area contributed by atoms with Gasteiger partial charge in [0, 0.05) is 0 Å². The number of hydrogen-bond acceptors (Lipinski definition) is 3. The second kappa shape index (κ2) is 5.70. The van der Waals surface area contributed by atoms with Gasteiger partial charge in [0.1, 0.15) is 0 Å². The van der Waals surface area contributed by atoms with Gasteiger partial charge in [-0.15, -0.1) is 0 Å². The van der Waals surface area contributed by atoms with E-state index >= 15 is 0 Å². The van der Waals surface area contributed by atoms with Crippen molar-refractivity contribution in [2.24, 2.45) is 0 Å². The lowest BCUT2D eigenvalue weighted by Crippen LogP contribution is -2.30. The molecule has 0 saturated carbocycles. The standard InChI is InChI=1S/C13H9F3N2O3/c14-13(15,16)12(20)18-9-5-2-1-4-8(9)17-11(19)10-6-3-7-21-10/h1-7H,(H,17,19)(H,18,20). The van der Waals surface area contributed by atoms with Crippen LogP contribution < -0.4 is 10.6 Å². The number of furan rings is 1. The number of amides is 2. The number of anilines is 2. The minimum Gasteiger partial charge on any atom is -0.459 e. The summed E-state index contributed by atoms with van der Waals surface area (Å²) < 4.78 is 41.6. The SMILES string of the molecule is O=C(Nc1ccccc1NC(=O)C(F)(F)F)c1ccco1. The molecule has 2 rings (SSSR count). The van der Waals surface area contributed by atoms with Gasteiger partial charge < -0.3 is 15.1 Å². The predicted molar refractivity (Wildman–Crippen MR) is 67.8 cm³/mol.